The third kappa shape index (κ3) is 2.75. The van der Waals surface area contributed by atoms with Crippen molar-refractivity contribution in [3.63, 3.8) is 0 Å². The lowest BCUT2D eigenvalue weighted by Crippen LogP contribution is -2.17. The summed E-state index contributed by atoms with van der Waals surface area (Å²) in [6.07, 6.45) is 1.90. The molecule has 0 unspecified atom stereocenters. The normalized spacial score (nSPS) is 10.8. The van der Waals surface area contributed by atoms with Gasteiger partial charge in [-0.15, -0.1) is 0 Å². The van der Waals surface area contributed by atoms with Gasteiger partial charge in [0.15, 0.2) is 0 Å². The molecule has 3 nitrogen and oxygen atoms in total. The first-order valence-corrected chi connectivity index (χ1v) is 6.94. The standard InChI is InChI=1S/C14H17BrN2O/c1-3-5-12-13(15)14(18)17(16-12)9-11-7-4-6-10(2)8-11/h4,6-8,16H,3,5,9H2,1-2H3. The van der Waals surface area contributed by atoms with Crippen molar-refractivity contribution in [3.8, 4) is 0 Å². The molecule has 1 aromatic carbocycles. The molecule has 2 aromatic rings. The molecule has 18 heavy (non-hydrogen) atoms. The lowest BCUT2D eigenvalue weighted by atomic mass is 10.1. The van der Waals surface area contributed by atoms with Crippen LogP contribution in [-0.4, -0.2) is 9.78 Å². The Labute approximate surface area is 115 Å². The zero-order chi connectivity index (χ0) is 13.1. The van der Waals surface area contributed by atoms with Crippen LogP contribution in [0.3, 0.4) is 0 Å². The number of hydrogen-bond acceptors (Lipinski definition) is 1. The molecule has 1 N–H and O–H groups in total. The number of halogens is 1. The van der Waals surface area contributed by atoms with Crippen molar-refractivity contribution < 1.29 is 0 Å². The van der Waals surface area contributed by atoms with E-state index in [1.165, 1.54) is 5.56 Å². The fourth-order valence-electron chi connectivity index (χ4n) is 2.03. The average Bonchev–Trinajstić information content (AvgIpc) is 2.59. The maximum absolute atomic E-state index is 12.0. The van der Waals surface area contributed by atoms with Crippen molar-refractivity contribution in [1.29, 1.82) is 0 Å². The van der Waals surface area contributed by atoms with Gasteiger partial charge in [0.05, 0.1) is 12.2 Å². The maximum Gasteiger partial charge on any atom is 0.281 e. The minimum absolute atomic E-state index is 0.0138. The smallest absolute Gasteiger partial charge is 0.281 e. The monoisotopic (exact) mass is 308 g/mol. The Bertz CT molecular complexity index is 598. The van der Waals surface area contributed by atoms with Crippen LogP contribution in [0.5, 0.6) is 0 Å². The minimum Gasteiger partial charge on any atom is -0.298 e. The number of nitrogens with zero attached hydrogens (tertiary/aromatic N) is 1. The van der Waals surface area contributed by atoms with Crippen LogP contribution in [0.25, 0.3) is 0 Å². The van der Waals surface area contributed by atoms with E-state index in [1.807, 2.05) is 12.1 Å². The molecule has 0 amide bonds. The fraction of sp³-hybridized carbons (Fsp3) is 0.357. The number of rotatable bonds is 4. The Morgan fingerprint density at radius 1 is 1.39 bits per heavy atom. The molecule has 0 saturated carbocycles. The topological polar surface area (TPSA) is 37.8 Å². The van der Waals surface area contributed by atoms with Crippen LogP contribution in [0.15, 0.2) is 33.5 Å². The molecule has 0 atom stereocenters. The maximum atomic E-state index is 12.0. The zero-order valence-electron chi connectivity index (χ0n) is 10.7. The second-order valence-electron chi connectivity index (χ2n) is 4.53. The van der Waals surface area contributed by atoms with Crippen LogP contribution in [0, 0.1) is 6.92 Å². The fourth-order valence-corrected chi connectivity index (χ4v) is 2.53. The molecule has 4 heteroatoms. The van der Waals surface area contributed by atoms with E-state index in [2.05, 4.69) is 47.0 Å². The molecular weight excluding hydrogens is 292 g/mol. The highest BCUT2D eigenvalue weighted by molar-refractivity contribution is 9.10. The highest BCUT2D eigenvalue weighted by Crippen LogP contribution is 2.12. The van der Waals surface area contributed by atoms with Gasteiger partial charge >= 0.3 is 0 Å². The Morgan fingerprint density at radius 3 is 2.83 bits per heavy atom. The van der Waals surface area contributed by atoms with Gasteiger partial charge in [0, 0.05) is 0 Å². The number of nitrogens with one attached hydrogen (secondary N) is 1. The second-order valence-corrected chi connectivity index (χ2v) is 5.33. The predicted molar refractivity (Wildman–Crippen MR) is 77.0 cm³/mol. The summed E-state index contributed by atoms with van der Waals surface area (Å²) in [6, 6.07) is 8.20. The Hall–Kier alpha value is -1.29. The molecular formula is C14H17BrN2O. The number of aromatic nitrogens is 2. The summed E-state index contributed by atoms with van der Waals surface area (Å²) in [6.45, 7) is 4.74. The highest BCUT2D eigenvalue weighted by atomic mass is 79.9. The first-order chi connectivity index (χ1) is 8.61. The minimum atomic E-state index is 0.0138. The van der Waals surface area contributed by atoms with Gasteiger partial charge in [-0.25, -0.2) is 4.68 Å². The van der Waals surface area contributed by atoms with E-state index < -0.39 is 0 Å². The average molecular weight is 309 g/mol. The van der Waals surface area contributed by atoms with E-state index >= 15 is 0 Å². The summed E-state index contributed by atoms with van der Waals surface area (Å²) < 4.78 is 2.32. The molecule has 0 aliphatic rings. The molecule has 96 valence electrons. The van der Waals surface area contributed by atoms with E-state index in [0.717, 1.165) is 24.1 Å². The molecule has 0 radical (unpaired) electrons. The second kappa shape index (κ2) is 5.57. The van der Waals surface area contributed by atoms with Gasteiger partial charge in [-0.05, 0) is 34.8 Å². The molecule has 1 heterocycles. The van der Waals surface area contributed by atoms with Crippen molar-refractivity contribution in [1.82, 2.24) is 9.78 Å². The lowest BCUT2D eigenvalue weighted by Gasteiger charge is -2.03. The van der Waals surface area contributed by atoms with E-state index in [-0.39, 0.29) is 5.56 Å². The molecule has 0 aliphatic carbocycles. The van der Waals surface area contributed by atoms with E-state index in [4.69, 9.17) is 0 Å². The molecule has 0 aliphatic heterocycles. The molecule has 0 spiro atoms. The molecule has 0 bridgehead atoms. The first-order valence-electron chi connectivity index (χ1n) is 6.14. The van der Waals surface area contributed by atoms with E-state index in [0.29, 0.717) is 11.0 Å². The Morgan fingerprint density at radius 2 is 2.17 bits per heavy atom. The summed E-state index contributed by atoms with van der Waals surface area (Å²) in [4.78, 5) is 12.0. The van der Waals surface area contributed by atoms with Crippen LogP contribution in [0.2, 0.25) is 0 Å². The summed E-state index contributed by atoms with van der Waals surface area (Å²) in [7, 11) is 0. The van der Waals surface area contributed by atoms with Crippen molar-refractivity contribution in [2.45, 2.75) is 33.2 Å². The van der Waals surface area contributed by atoms with Crippen LogP contribution in [0.4, 0.5) is 0 Å². The van der Waals surface area contributed by atoms with Gasteiger partial charge in [0.25, 0.3) is 5.56 Å². The predicted octanol–water partition coefficient (Wildman–Crippen LogP) is 3.25. The Balaban J connectivity index is 2.29. The Kier molecular flexibility index (Phi) is 4.07. The molecule has 0 fully saturated rings. The van der Waals surface area contributed by atoms with Gasteiger partial charge in [-0.2, -0.15) is 0 Å². The highest BCUT2D eigenvalue weighted by Gasteiger charge is 2.10. The van der Waals surface area contributed by atoms with Crippen molar-refractivity contribution >= 4 is 15.9 Å². The van der Waals surface area contributed by atoms with Crippen molar-refractivity contribution in [2.24, 2.45) is 0 Å². The summed E-state index contributed by atoms with van der Waals surface area (Å²) in [5.74, 6) is 0. The summed E-state index contributed by atoms with van der Waals surface area (Å²) >= 11 is 3.37. The van der Waals surface area contributed by atoms with Gasteiger partial charge in [0.1, 0.15) is 4.47 Å². The van der Waals surface area contributed by atoms with Crippen LogP contribution in [0.1, 0.15) is 30.2 Å². The van der Waals surface area contributed by atoms with E-state index in [9.17, 15) is 4.79 Å². The molecule has 0 saturated heterocycles. The number of benzene rings is 1. The van der Waals surface area contributed by atoms with E-state index in [1.54, 1.807) is 4.68 Å². The van der Waals surface area contributed by atoms with Gasteiger partial charge in [-0.1, -0.05) is 43.2 Å². The van der Waals surface area contributed by atoms with Crippen LogP contribution in [-0.2, 0) is 13.0 Å². The third-order valence-electron chi connectivity index (χ3n) is 2.89. The summed E-state index contributed by atoms with van der Waals surface area (Å²) in [5, 5.41) is 3.18. The van der Waals surface area contributed by atoms with Gasteiger partial charge < -0.3 is 0 Å². The lowest BCUT2D eigenvalue weighted by molar-refractivity contribution is 0.648. The molecule has 2 rings (SSSR count). The molecule has 1 aromatic heterocycles. The number of aryl methyl sites for hydroxylation is 2. The van der Waals surface area contributed by atoms with Gasteiger partial charge in [-0.3, -0.25) is 9.89 Å². The zero-order valence-corrected chi connectivity index (χ0v) is 12.3. The summed E-state index contributed by atoms with van der Waals surface area (Å²) in [5.41, 5.74) is 3.34. The first kappa shape index (κ1) is 13.1. The van der Waals surface area contributed by atoms with Crippen LogP contribution < -0.4 is 5.56 Å². The van der Waals surface area contributed by atoms with Crippen molar-refractivity contribution in [2.75, 3.05) is 0 Å². The third-order valence-corrected chi connectivity index (χ3v) is 3.71. The quantitative estimate of drug-likeness (QED) is 0.925. The SMILES string of the molecule is CCCc1[nH]n(Cc2cccc(C)c2)c(=O)c1Br. The van der Waals surface area contributed by atoms with Crippen LogP contribution >= 0.6 is 15.9 Å². The van der Waals surface area contributed by atoms with Crippen molar-refractivity contribution in [3.05, 3.63) is 55.9 Å². The number of aromatic amines is 1. The largest absolute Gasteiger partial charge is 0.298 e. The number of hydrogen-bond donors (Lipinski definition) is 1. The van der Waals surface area contributed by atoms with Gasteiger partial charge in [0.2, 0.25) is 0 Å². The number of H-pyrrole nitrogens is 1.